The average Bonchev–Trinajstić information content (AvgIpc) is 2.93. The summed E-state index contributed by atoms with van der Waals surface area (Å²) in [4.78, 5) is 16.6. The number of rotatable bonds is 3. The Labute approximate surface area is 156 Å². The summed E-state index contributed by atoms with van der Waals surface area (Å²) in [7, 11) is 0. The minimum atomic E-state index is -3.67. The Bertz CT molecular complexity index is 905. The molecule has 0 spiro atoms. The predicted octanol–water partition coefficient (Wildman–Crippen LogP) is 4.61. The molecule has 26 heavy (non-hydrogen) atoms. The fourth-order valence-electron chi connectivity index (χ4n) is 2.44. The van der Waals surface area contributed by atoms with E-state index in [1.54, 1.807) is 11.8 Å². The van der Waals surface area contributed by atoms with Gasteiger partial charge in [0.05, 0.1) is 11.4 Å². The molecule has 0 fully saturated rings. The largest absolute Gasteiger partial charge is 0.586 e. The third-order valence-electron chi connectivity index (χ3n) is 3.57. The molecule has 0 radical (unpaired) electrons. The highest BCUT2D eigenvalue weighted by Crippen LogP contribution is 2.42. The van der Waals surface area contributed by atoms with Crippen LogP contribution in [0.25, 0.3) is 0 Å². The number of benzene rings is 2. The number of carbonyl (C=O) groups is 1. The first-order valence-electron chi connectivity index (χ1n) is 7.60. The lowest BCUT2D eigenvalue weighted by Gasteiger charge is -2.14. The second-order valence-corrected chi connectivity index (χ2v) is 7.65. The van der Waals surface area contributed by atoms with E-state index in [0.717, 1.165) is 15.8 Å². The zero-order valence-electron chi connectivity index (χ0n) is 13.2. The lowest BCUT2D eigenvalue weighted by Crippen LogP contribution is -2.25. The van der Waals surface area contributed by atoms with Gasteiger partial charge < -0.3 is 14.8 Å². The van der Waals surface area contributed by atoms with Gasteiger partial charge in [0.2, 0.25) is 5.91 Å². The lowest BCUT2D eigenvalue weighted by molar-refractivity contribution is -0.286. The number of para-hydroxylation sites is 1. The van der Waals surface area contributed by atoms with Gasteiger partial charge in [-0.1, -0.05) is 41.7 Å². The highest BCUT2D eigenvalue weighted by molar-refractivity contribution is 8.38. The monoisotopic (exact) mass is 394 g/mol. The molecular formula is C17H12F2N2O3S2. The minimum absolute atomic E-state index is 0.0611. The van der Waals surface area contributed by atoms with E-state index in [1.165, 1.54) is 35.5 Å². The first-order chi connectivity index (χ1) is 12.5. The normalized spacial score (nSPS) is 16.6. The number of carbonyl (C=O) groups excluding carboxylic acids is 1. The van der Waals surface area contributed by atoms with Crippen molar-refractivity contribution in [1.82, 2.24) is 0 Å². The van der Waals surface area contributed by atoms with Gasteiger partial charge in [-0.05, 0) is 23.8 Å². The number of halogens is 2. The molecule has 0 atom stereocenters. The van der Waals surface area contributed by atoms with Crippen molar-refractivity contribution in [2.45, 2.75) is 12.0 Å². The molecule has 134 valence electrons. The van der Waals surface area contributed by atoms with E-state index < -0.39 is 6.29 Å². The number of nitrogens with zero attached hydrogens (tertiary/aromatic N) is 1. The first-order valence-corrected chi connectivity index (χ1v) is 9.58. The van der Waals surface area contributed by atoms with Crippen molar-refractivity contribution in [3.05, 3.63) is 48.0 Å². The van der Waals surface area contributed by atoms with E-state index in [0.29, 0.717) is 5.69 Å². The summed E-state index contributed by atoms with van der Waals surface area (Å²) in [6.45, 7) is 0. The molecule has 2 heterocycles. The Balaban J connectivity index is 1.35. The second-order valence-electron chi connectivity index (χ2n) is 5.46. The Kier molecular flexibility index (Phi) is 4.49. The molecular weight excluding hydrogens is 382 g/mol. The summed E-state index contributed by atoms with van der Waals surface area (Å²) >= 11 is 2.92. The van der Waals surface area contributed by atoms with Crippen LogP contribution in [0.2, 0.25) is 0 Å². The summed E-state index contributed by atoms with van der Waals surface area (Å²) in [5, 5.41) is 2.65. The maximum atomic E-state index is 13.0. The van der Waals surface area contributed by atoms with Crippen molar-refractivity contribution in [3.63, 3.8) is 0 Å². The minimum Gasteiger partial charge on any atom is -0.395 e. The fourth-order valence-corrected chi connectivity index (χ4v) is 4.30. The summed E-state index contributed by atoms with van der Waals surface area (Å²) in [5.74, 6) is 0.555. The molecule has 2 aliphatic heterocycles. The lowest BCUT2D eigenvalue weighted by atomic mass is 10.2. The van der Waals surface area contributed by atoms with Crippen LogP contribution in [0.1, 0.15) is 5.56 Å². The van der Waals surface area contributed by atoms with Crippen LogP contribution in [0.3, 0.4) is 0 Å². The molecule has 4 rings (SSSR count). The number of ether oxygens (including phenoxy) is 2. The SMILES string of the molecule is O=C(CSC1=Nc2ccccc2CS1)Nc1ccc2c(c1)OC(F)(F)O2. The topological polar surface area (TPSA) is 59.9 Å². The summed E-state index contributed by atoms with van der Waals surface area (Å²) in [6, 6.07) is 12.0. The fraction of sp³-hybridized carbons (Fsp3) is 0.176. The van der Waals surface area contributed by atoms with Crippen LogP contribution in [-0.2, 0) is 10.5 Å². The zero-order valence-corrected chi connectivity index (χ0v) is 14.8. The van der Waals surface area contributed by atoms with Crippen LogP contribution in [-0.4, -0.2) is 22.3 Å². The van der Waals surface area contributed by atoms with Gasteiger partial charge in [0.15, 0.2) is 11.5 Å². The van der Waals surface area contributed by atoms with Gasteiger partial charge in [-0.3, -0.25) is 4.79 Å². The van der Waals surface area contributed by atoms with Crippen molar-refractivity contribution >= 4 is 45.2 Å². The number of amides is 1. The van der Waals surface area contributed by atoms with Gasteiger partial charge >= 0.3 is 6.29 Å². The molecule has 2 aromatic rings. The molecule has 0 saturated carbocycles. The number of hydrogen-bond donors (Lipinski definition) is 1. The number of hydrogen-bond acceptors (Lipinski definition) is 6. The van der Waals surface area contributed by atoms with E-state index in [-0.39, 0.29) is 23.2 Å². The average molecular weight is 394 g/mol. The molecule has 0 aromatic heterocycles. The third-order valence-corrected chi connectivity index (χ3v) is 5.81. The molecule has 0 saturated heterocycles. The number of thioether (sulfide) groups is 2. The molecule has 1 N–H and O–H groups in total. The molecule has 0 unspecified atom stereocenters. The van der Waals surface area contributed by atoms with Gasteiger partial charge in [-0.25, -0.2) is 4.99 Å². The molecule has 1 amide bonds. The number of alkyl halides is 2. The number of nitrogens with one attached hydrogen (secondary N) is 1. The van der Waals surface area contributed by atoms with Crippen LogP contribution in [0.15, 0.2) is 47.5 Å². The zero-order chi connectivity index (χ0) is 18.1. The highest BCUT2D eigenvalue weighted by Gasteiger charge is 2.43. The third kappa shape index (κ3) is 3.78. The Hall–Kier alpha value is -2.26. The van der Waals surface area contributed by atoms with Crippen molar-refractivity contribution in [2.24, 2.45) is 4.99 Å². The molecule has 2 aromatic carbocycles. The maximum Gasteiger partial charge on any atom is 0.586 e. The van der Waals surface area contributed by atoms with E-state index in [2.05, 4.69) is 19.8 Å². The number of aliphatic imine (C=N–C) groups is 1. The molecule has 5 nitrogen and oxygen atoms in total. The van der Waals surface area contributed by atoms with Gasteiger partial charge in [0.1, 0.15) is 4.38 Å². The van der Waals surface area contributed by atoms with E-state index >= 15 is 0 Å². The van der Waals surface area contributed by atoms with Crippen molar-refractivity contribution in [2.75, 3.05) is 11.1 Å². The molecule has 0 bridgehead atoms. The number of fused-ring (bicyclic) bond motifs is 2. The maximum absolute atomic E-state index is 13.0. The Morgan fingerprint density at radius 3 is 2.92 bits per heavy atom. The van der Waals surface area contributed by atoms with E-state index in [4.69, 9.17) is 0 Å². The quantitative estimate of drug-likeness (QED) is 0.824. The molecule has 9 heteroatoms. The van der Waals surface area contributed by atoms with Gasteiger partial charge in [-0.15, -0.1) is 8.78 Å². The van der Waals surface area contributed by atoms with Crippen molar-refractivity contribution in [1.29, 1.82) is 0 Å². The van der Waals surface area contributed by atoms with Crippen LogP contribution < -0.4 is 14.8 Å². The van der Waals surface area contributed by atoms with Crippen LogP contribution >= 0.6 is 23.5 Å². The second kappa shape index (κ2) is 6.81. The van der Waals surface area contributed by atoms with Gasteiger partial charge in [0, 0.05) is 17.5 Å². The molecule has 2 aliphatic rings. The van der Waals surface area contributed by atoms with Crippen LogP contribution in [0, 0.1) is 0 Å². The summed E-state index contributed by atoms with van der Waals surface area (Å²) in [6.07, 6.45) is -3.67. The van der Waals surface area contributed by atoms with Crippen LogP contribution in [0.4, 0.5) is 20.2 Å². The highest BCUT2D eigenvalue weighted by atomic mass is 32.2. The standard InChI is InChI=1S/C17H12F2N2O3S2/c18-17(19)23-13-6-5-11(7-14(13)24-17)20-15(22)9-26-16-21-12-4-2-1-3-10(12)8-25-16/h1-7H,8-9H2,(H,20,22). The smallest absolute Gasteiger partial charge is 0.395 e. The Morgan fingerprint density at radius 2 is 2.04 bits per heavy atom. The van der Waals surface area contributed by atoms with Gasteiger partial charge in [-0.2, -0.15) is 0 Å². The van der Waals surface area contributed by atoms with Crippen molar-refractivity contribution in [3.8, 4) is 11.5 Å². The van der Waals surface area contributed by atoms with E-state index in [9.17, 15) is 13.6 Å². The number of anilines is 1. The van der Waals surface area contributed by atoms with Crippen LogP contribution in [0.5, 0.6) is 11.5 Å². The summed E-state index contributed by atoms with van der Waals surface area (Å²) in [5.41, 5.74) is 2.45. The molecule has 0 aliphatic carbocycles. The van der Waals surface area contributed by atoms with E-state index in [1.807, 2.05) is 24.3 Å². The first kappa shape index (κ1) is 17.2. The van der Waals surface area contributed by atoms with Gasteiger partial charge in [0.25, 0.3) is 0 Å². The summed E-state index contributed by atoms with van der Waals surface area (Å²) < 4.78 is 35.5. The Morgan fingerprint density at radius 1 is 1.23 bits per heavy atom. The van der Waals surface area contributed by atoms with Crippen molar-refractivity contribution < 1.29 is 23.0 Å². The predicted molar refractivity (Wildman–Crippen MR) is 98.6 cm³/mol.